The number of aromatic hydroxyl groups is 1. The van der Waals surface area contributed by atoms with Crippen LogP contribution in [0.4, 0.5) is 4.39 Å². The molecular weight excluding hydrogens is 509 g/mol. The van der Waals surface area contributed by atoms with Gasteiger partial charge in [0.05, 0.1) is 26.4 Å². The highest BCUT2D eigenvalue weighted by Gasteiger charge is 2.46. The van der Waals surface area contributed by atoms with Gasteiger partial charge in [0.2, 0.25) is 5.43 Å². The molecule has 1 amide bonds. The number of carbonyl (C=O) groups is 1. The molecule has 8 nitrogen and oxygen atoms in total. The Kier molecular flexibility index (Phi) is 5.11. The summed E-state index contributed by atoms with van der Waals surface area (Å²) in [5, 5.41) is 14.7. The molecular formula is C28H22FN3O5S. The number of amides is 1. The van der Waals surface area contributed by atoms with Gasteiger partial charge in [-0.1, -0.05) is 6.07 Å². The molecule has 4 heterocycles. The largest absolute Gasteiger partial charge is 0.502 e. The number of nitrogens with zero attached hydrogens (tertiary/aromatic N) is 3. The number of rotatable bonds is 2. The number of benzene rings is 2. The number of hydrogen-bond acceptors (Lipinski definition) is 7. The van der Waals surface area contributed by atoms with E-state index in [1.165, 1.54) is 24.4 Å². The van der Waals surface area contributed by atoms with Crippen LogP contribution in [0.1, 0.15) is 27.7 Å². The molecule has 1 saturated heterocycles. The van der Waals surface area contributed by atoms with Gasteiger partial charge in [0.15, 0.2) is 11.4 Å². The highest BCUT2D eigenvalue weighted by atomic mass is 32.1. The first-order valence-corrected chi connectivity index (χ1v) is 13.0. The first kappa shape index (κ1) is 23.0. The number of thiophene rings is 1. The van der Waals surface area contributed by atoms with Crippen molar-refractivity contribution in [3.8, 4) is 33.1 Å². The predicted molar refractivity (Wildman–Crippen MR) is 140 cm³/mol. The van der Waals surface area contributed by atoms with Crippen molar-refractivity contribution < 1.29 is 23.8 Å². The van der Waals surface area contributed by atoms with Gasteiger partial charge in [-0.05, 0) is 64.0 Å². The summed E-state index contributed by atoms with van der Waals surface area (Å²) in [6.45, 7) is 0.845. The van der Waals surface area contributed by atoms with Gasteiger partial charge in [-0.2, -0.15) is 0 Å². The Hall–Kier alpha value is -4.15. The Morgan fingerprint density at radius 3 is 2.76 bits per heavy atom. The standard InChI is InChI=1S/C28H22FN3O5S/c1-36-16-3-5-18-21(13-16)24(17-4-2-15(29)12-20(17)19-7-11-38-27(18)19)32-23-14-37-10-9-30(23)28(35)25-26(34)22(33)6-8-31(25)32/h2-8,11-13,23-24,34H,9-10,14H2,1H3/t23-,24+/m1/s1. The first-order chi connectivity index (χ1) is 18.5. The Bertz CT molecular complexity index is 1680. The zero-order valence-electron chi connectivity index (χ0n) is 20.3. The van der Waals surface area contributed by atoms with Crippen molar-refractivity contribution in [2.45, 2.75) is 12.2 Å². The van der Waals surface area contributed by atoms with Crippen LogP contribution in [-0.2, 0) is 4.74 Å². The number of carbonyl (C=O) groups excluding carboxylic acids is 1. The average molecular weight is 532 g/mol. The maximum Gasteiger partial charge on any atom is 0.278 e. The first-order valence-electron chi connectivity index (χ1n) is 12.2. The van der Waals surface area contributed by atoms with Crippen molar-refractivity contribution in [1.29, 1.82) is 0 Å². The number of pyridine rings is 1. The lowest BCUT2D eigenvalue weighted by atomic mass is 9.92. The van der Waals surface area contributed by atoms with E-state index in [-0.39, 0.29) is 18.1 Å². The van der Waals surface area contributed by atoms with Gasteiger partial charge in [-0.25, -0.2) is 4.39 Å². The molecule has 7 rings (SSSR count). The van der Waals surface area contributed by atoms with E-state index in [0.29, 0.717) is 18.9 Å². The summed E-state index contributed by atoms with van der Waals surface area (Å²) in [4.78, 5) is 28.6. The summed E-state index contributed by atoms with van der Waals surface area (Å²) in [7, 11) is 1.60. The molecule has 1 aliphatic carbocycles. The Morgan fingerprint density at radius 1 is 1.05 bits per heavy atom. The van der Waals surface area contributed by atoms with Crippen LogP contribution in [0.15, 0.2) is 64.9 Å². The van der Waals surface area contributed by atoms with Crippen molar-refractivity contribution in [2.75, 3.05) is 31.9 Å². The van der Waals surface area contributed by atoms with Gasteiger partial charge < -0.3 is 19.5 Å². The summed E-state index contributed by atoms with van der Waals surface area (Å²) in [6.07, 6.45) is 0.953. The zero-order valence-corrected chi connectivity index (χ0v) is 21.1. The van der Waals surface area contributed by atoms with E-state index < -0.39 is 29.3 Å². The molecule has 3 aliphatic rings. The topological polar surface area (TPSA) is 84.2 Å². The number of fused-ring (bicyclic) bond motifs is 7. The maximum atomic E-state index is 14.7. The van der Waals surface area contributed by atoms with Gasteiger partial charge >= 0.3 is 0 Å². The SMILES string of the molecule is COc1ccc2c(c1)[C@@H](N1[C@@H]3COCCN3C(=O)c3c(O)c(=O)ccn31)c1ccc(F)cc1-c1ccsc1-2. The Morgan fingerprint density at radius 2 is 1.92 bits per heavy atom. The van der Waals surface area contributed by atoms with Crippen LogP contribution < -0.4 is 15.2 Å². The van der Waals surface area contributed by atoms with Gasteiger partial charge in [0.1, 0.15) is 17.7 Å². The molecule has 10 heteroatoms. The minimum Gasteiger partial charge on any atom is -0.502 e. The summed E-state index contributed by atoms with van der Waals surface area (Å²) in [6, 6.07) is 13.2. The fraction of sp³-hybridized carbons (Fsp3) is 0.214. The van der Waals surface area contributed by atoms with Gasteiger partial charge in [-0.15, -0.1) is 11.3 Å². The number of morpholine rings is 1. The van der Waals surface area contributed by atoms with Crippen molar-refractivity contribution >= 4 is 17.2 Å². The normalized spacial score (nSPS) is 19.6. The predicted octanol–water partition coefficient (Wildman–Crippen LogP) is 3.95. The molecule has 0 bridgehead atoms. The smallest absolute Gasteiger partial charge is 0.278 e. The van der Waals surface area contributed by atoms with Gasteiger partial charge in [0, 0.05) is 29.2 Å². The molecule has 2 aromatic carbocycles. The third-order valence-corrected chi connectivity index (χ3v) is 8.45. The number of aromatic nitrogens is 1. The van der Waals surface area contributed by atoms with Gasteiger partial charge in [0.25, 0.3) is 5.91 Å². The van der Waals surface area contributed by atoms with E-state index in [0.717, 1.165) is 32.7 Å². The van der Waals surface area contributed by atoms with Crippen LogP contribution >= 0.6 is 11.3 Å². The highest BCUT2D eigenvalue weighted by Crippen LogP contribution is 2.50. The zero-order chi connectivity index (χ0) is 26.1. The summed E-state index contributed by atoms with van der Waals surface area (Å²) in [5.74, 6) is -0.764. The summed E-state index contributed by atoms with van der Waals surface area (Å²) < 4.78 is 27.7. The fourth-order valence-corrected chi connectivity index (χ4v) is 6.77. The van der Waals surface area contributed by atoms with Crippen LogP contribution in [0, 0.1) is 5.82 Å². The van der Waals surface area contributed by atoms with E-state index in [9.17, 15) is 19.1 Å². The lowest BCUT2D eigenvalue weighted by Crippen LogP contribution is -2.66. The quantitative estimate of drug-likeness (QED) is 0.422. The van der Waals surface area contributed by atoms with E-state index in [4.69, 9.17) is 9.47 Å². The van der Waals surface area contributed by atoms with Crippen molar-refractivity contribution in [2.24, 2.45) is 0 Å². The molecule has 0 radical (unpaired) electrons. The summed E-state index contributed by atoms with van der Waals surface area (Å²) in [5.41, 5.74) is 3.53. The molecule has 2 atom stereocenters. The fourth-order valence-electron chi connectivity index (χ4n) is 5.81. The second-order valence-electron chi connectivity index (χ2n) is 9.41. The monoisotopic (exact) mass is 531 g/mol. The van der Waals surface area contributed by atoms with Crippen LogP contribution in [0.3, 0.4) is 0 Å². The lowest BCUT2D eigenvalue weighted by molar-refractivity contribution is -0.0196. The lowest BCUT2D eigenvalue weighted by Gasteiger charge is -2.51. The van der Waals surface area contributed by atoms with Crippen molar-refractivity contribution in [3.05, 3.63) is 93.0 Å². The number of halogens is 1. The molecule has 0 spiro atoms. The average Bonchev–Trinajstić information content (AvgIpc) is 3.39. The molecule has 192 valence electrons. The van der Waals surface area contributed by atoms with E-state index in [1.807, 2.05) is 34.7 Å². The minimum absolute atomic E-state index is 0.109. The van der Waals surface area contributed by atoms with E-state index in [1.54, 1.807) is 34.1 Å². The molecule has 2 aromatic heterocycles. The molecule has 0 saturated carbocycles. The van der Waals surface area contributed by atoms with Crippen molar-refractivity contribution in [3.63, 3.8) is 0 Å². The van der Waals surface area contributed by atoms with Crippen LogP contribution in [0.25, 0.3) is 21.6 Å². The Labute approximate surface area is 220 Å². The number of hydrogen-bond donors (Lipinski definition) is 1. The maximum absolute atomic E-state index is 14.7. The van der Waals surface area contributed by atoms with Crippen molar-refractivity contribution in [1.82, 2.24) is 9.58 Å². The molecule has 1 N–H and O–H groups in total. The van der Waals surface area contributed by atoms with Crippen LogP contribution in [0.5, 0.6) is 11.5 Å². The number of ether oxygens (including phenoxy) is 2. The molecule has 1 fully saturated rings. The minimum atomic E-state index is -0.635. The van der Waals surface area contributed by atoms with E-state index >= 15 is 0 Å². The van der Waals surface area contributed by atoms with Crippen LogP contribution in [-0.4, -0.2) is 53.6 Å². The third kappa shape index (κ3) is 3.17. The number of methoxy groups -OCH3 is 1. The van der Waals surface area contributed by atoms with E-state index in [2.05, 4.69) is 0 Å². The molecule has 38 heavy (non-hydrogen) atoms. The molecule has 0 unspecified atom stereocenters. The second kappa shape index (κ2) is 8.44. The highest BCUT2D eigenvalue weighted by molar-refractivity contribution is 7.14. The Balaban J connectivity index is 1.59. The second-order valence-corrected chi connectivity index (χ2v) is 10.3. The molecule has 4 aromatic rings. The van der Waals surface area contributed by atoms with Crippen LogP contribution in [0.2, 0.25) is 0 Å². The van der Waals surface area contributed by atoms with Gasteiger partial charge in [-0.3, -0.25) is 19.3 Å². The summed E-state index contributed by atoms with van der Waals surface area (Å²) >= 11 is 1.57. The molecule has 2 aliphatic heterocycles. The third-order valence-electron chi connectivity index (χ3n) is 7.50.